The summed E-state index contributed by atoms with van der Waals surface area (Å²) < 4.78 is 0. The van der Waals surface area contributed by atoms with Gasteiger partial charge in [0, 0.05) is 22.5 Å². The summed E-state index contributed by atoms with van der Waals surface area (Å²) in [7, 11) is 0. The highest BCUT2D eigenvalue weighted by Crippen LogP contribution is 2.68. The summed E-state index contributed by atoms with van der Waals surface area (Å²) >= 11 is 0. The molecule has 0 radical (unpaired) electrons. The van der Waals surface area contributed by atoms with Gasteiger partial charge in [-0.15, -0.1) is 0 Å². The Bertz CT molecular complexity index is 3540. The summed E-state index contributed by atoms with van der Waals surface area (Å²) in [6, 6.07) is 89.5. The van der Waals surface area contributed by atoms with Crippen LogP contribution in [0.25, 0.3) is 44.5 Å². The Morgan fingerprint density at radius 3 is 1.15 bits per heavy atom. The second-order valence-electron chi connectivity index (χ2n) is 19.1. The fourth-order valence-electron chi connectivity index (χ4n) is 13.3. The van der Waals surface area contributed by atoms with Crippen molar-refractivity contribution in [2.75, 3.05) is 4.90 Å². The number of rotatable bonds is 4. The van der Waals surface area contributed by atoms with Crippen LogP contribution < -0.4 is 4.90 Å². The molecule has 0 aromatic heterocycles. The molecular formula is C65H45N. The lowest BCUT2D eigenvalue weighted by Gasteiger charge is -2.49. The molecule has 14 rings (SSSR count). The van der Waals surface area contributed by atoms with Crippen molar-refractivity contribution in [3.63, 3.8) is 0 Å². The first kappa shape index (κ1) is 37.4. The molecule has 0 unspecified atom stereocenters. The topological polar surface area (TPSA) is 3.24 Å². The Kier molecular flexibility index (Phi) is 7.66. The van der Waals surface area contributed by atoms with E-state index in [9.17, 15) is 0 Å². The molecule has 4 aliphatic rings. The molecule has 2 spiro atoms. The van der Waals surface area contributed by atoms with Crippen LogP contribution in [0.1, 0.15) is 69.5 Å². The van der Waals surface area contributed by atoms with Gasteiger partial charge < -0.3 is 4.90 Å². The minimum atomic E-state index is -0.572. The molecule has 0 saturated carbocycles. The van der Waals surface area contributed by atoms with E-state index in [4.69, 9.17) is 0 Å². The van der Waals surface area contributed by atoms with Gasteiger partial charge in [0.25, 0.3) is 0 Å². The Balaban J connectivity index is 1.03. The number of para-hydroxylation sites is 1. The maximum absolute atomic E-state index is 2.56. The van der Waals surface area contributed by atoms with Crippen LogP contribution in [0.15, 0.2) is 237 Å². The number of nitrogens with zero attached hydrogens (tertiary/aromatic N) is 1. The van der Waals surface area contributed by atoms with Crippen molar-refractivity contribution in [3.8, 4) is 44.5 Å². The zero-order valence-corrected chi connectivity index (χ0v) is 37.0. The molecule has 0 bridgehead atoms. The number of hydrogen-bond donors (Lipinski definition) is 0. The van der Waals surface area contributed by atoms with E-state index in [2.05, 4.69) is 255 Å². The van der Waals surface area contributed by atoms with Crippen molar-refractivity contribution >= 4 is 17.1 Å². The van der Waals surface area contributed by atoms with E-state index in [1.807, 2.05) is 0 Å². The van der Waals surface area contributed by atoms with Crippen LogP contribution in [0, 0.1) is 0 Å². The molecule has 10 aromatic carbocycles. The molecule has 0 atom stereocenters. The van der Waals surface area contributed by atoms with Gasteiger partial charge in [-0.2, -0.15) is 0 Å². The van der Waals surface area contributed by atoms with E-state index in [0.717, 1.165) is 17.1 Å². The van der Waals surface area contributed by atoms with Crippen molar-refractivity contribution in [1.82, 2.24) is 0 Å². The SMILES string of the molecule is CC1(C)c2ccccc2-c2cccc(-c3ccc(N(c4ccccc4)c4ccc5c(c4)C4(c6ccccc6-c6ccccc64)c4ccccc4C54c5ccccc5-c5ccccc54)cc3)c21. The largest absolute Gasteiger partial charge is 0.310 e. The van der Waals surface area contributed by atoms with Crippen LogP contribution in [-0.4, -0.2) is 0 Å². The molecule has 0 N–H and O–H groups in total. The predicted molar refractivity (Wildman–Crippen MR) is 272 cm³/mol. The van der Waals surface area contributed by atoms with E-state index >= 15 is 0 Å². The van der Waals surface area contributed by atoms with Crippen LogP contribution in [0.5, 0.6) is 0 Å². The van der Waals surface area contributed by atoms with Gasteiger partial charge in [0.05, 0.1) is 10.8 Å². The minimum absolute atomic E-state index is 0.107. The van der Waals surface area contributed by atoms with Gasteiger partial charge in [0.15, 0.2) is 0 Å². The minimum Gasteiger partial charge on any atom is -0.310 e. The van der Waals surface area contributed by atoms with Crippen LogP contribution in [0.3, 0.4) is 0 Å². The number of fused-ring (bicyclic) bond motifs is 19. The summed E-state index contributed by atoms with van der Waals surface area (Å²) in [6.07, 6.45) is 0. The normalized spacial score (nSPS) is 15.2. The lowest BCUT2D eigenvalue weighted by Crippen LogP contribution is -2.43. The fourth-order valence-corrected chi connectivity index (χ4v) is 13.3. The highest BCUT2D eigenvalue weighted by atomic mass is 15.1. The Morgan fingerprint density at radius 2 is 0.621 bits per heavy atom. The molecule has 0 heterocycles. The molecule has 310 valence electrons. The van der Waals surface area contributed by atoms with Gasteiger partial charge in [0.2, 0.25) is 0 Å². The van der Waals surface area contributed by atoms with Crippen molar-refractivity contribution in [3.05, 3.63) is 292 Å². The van der Waals surface area contributed by atoms with Crippen molar-refractivity contribution < 1.29 is 0 Å². The number of benzene rings is 10. The molecule has 4 aliphatic carbocycles. The fraction of sp³-hybridized carbons (Fsp3) is 0.0769. The van der Waals surface area contributed by atoms with Gasteiger partial charge in [0.1, 0.15) is 0 Å². The van der Waals surface area contributed by atoms with Crippen LogP contribution in [0.2, 0.25) is 0 Å². The number of hydrogen-bond acceptors (Lipinski definition) is 1. The standard InChI is InChI=1S/C65H45N/c1-63(2)53-28-11-6-25-51(53)52-27-18-26-46(62(52)63)42-35-37-44(38-36-42)66(43-19-4-3-5-20-43)45-39-40-60-61(41-45)65(56-31-14-9-23-49(56)50-24-10-15-32-57(50)65)59-34-17-16-33-58(59)64(60)54-29-12-7-21-47(54)48-22-8-13-30-55(48)64/h3-41H,1-2H3. The average Bonchev–Trinajstić information content (AvgIpc) is 3.94. The van der Waals surface area contributed by atoms with E-state index in [1.54, 1.807) is 0 Å². The summed E-state index contributed by atoms with van der Waals surface area (Å²) in [4.78, 5) is 2.46. The maximum atomic E-state index is 2.56. The zero-order chi connectivity index (χ0) is 43.8. The summed E-state index contributed by atoms with van der Waals surface area (Å²) in [5, 5.41) is 0. The third-order valence-corrected chi connectivity index (χ3v) is 15.7. The van der Waals surface area contributed by atoms with Gasteiger partial charge in [-0.3, -0.25) is 0 Å². The first-order valence-electron chi connectivity index (χ1n) is 23.3. The van der Waals surface area contributed by atoms with Crippen LogP contribution in [0.4, 0.5) is 17.1 Å². The second-order valence-corrected chi connectivity index (χ2v) is 19.1. The van der Waals surface area contributed by atoms with E-state index in [1.165, 1.54) is 100 Å². The quantitative estimate of drug-likeness (QED) is 0.171. The Hall–Kier alpha value is -8.00. The summed E-state index contributed by atoms with van der Waals surface area (Å²) in [6.45, 7) is 4.75. The third kappa shape index (κ3) is 4.64. The molecule has 0 aliphatic heterocycles. The summed E-state index contributed by atoms with van der Waals surface area (Å²) in [5.41, 5.74) is 26.1. The van der Waals surface area contributed by atoms with E-state index in [-0.39, 0.29) is 5.41 Å². The lowest BCUT2D eigenvalue weighted by molar-refractivity contribution is 0.633. The summed E-state index contributed by atoms with van der Waals surface area (Å²) in [5.74, 6) is 0. The van der Waals surface area contributed by atoms with E-state index < -0.39 is 10.8 Å². The molecule has 1 nitrogen and oxygen atoms in total. The molecule has 10 aromatic rings. The van der Waals surface area contributed by atoms with Gasteiger partial charge in [-0.1, -0.05) is 214 Å². The maximum Gasteiger partial charge on any atom is 0.0720 e. The first-order valence-corrected chi connectivity index (χ1v) is 23.3. The van der Waals surface area contributed by atoms with Crippen molar-refractivity contribution in [2.45, 2.75) is 30.1 Å². The van der Waals surface area contributed by atoms with Gasteiger partial charge >= 0.3 is 0 Å². The number of anilines is 3. The molecule has 0 fully saturated rings. The van der Waals surface area contributed by atoms with Crippen LogP contribution in [-0.2, 0) is 16.2 Å². The monoisotopic (exact) mass is 839 g/mol. The second kappa shape index (κ2) is 13.5. The first-order chi connectivity index (χ1) is 32.5. The molecule has 66 heavy (non-hydrogen) atoms. The van der Waals surface area contributed by atoms with Crippen LogP contribution >= 0.6 is 0 Å². The Morgan fingerprint density at radius 1 is 0.258 bits per heavy atom. The van der Waals surface area contributed by atoms with Crippen molar-refractivity contribution in [2.24, 2.45) is 0 Å². The smallest absolute Gasteiger partial charge is 0.0720 e. The Labute approximate surface area is 387 Å². The molecular weight excluding hydrogens is 795 g/mol. The molecule has 0 saturated heterocycles. The molecule has 0 amide bonds. The van der Waals surface area contributed by atoms with Crippen molar-refractivity contribution in [1.29, 1.82) is 0 Å². The highest BCUT2D eigenvalue weighted by molar-refractivity contribution is 5.95. The van der Waals surface area contributed by atoms with Gasteiger partial charge in [-0.25, -0.2) is 0 Å². The highest BCUT2D eigenvalue weighted by Gasteiger charge is 2.59. The lowest BCUT2D eigenvalue weighted by atomic mass is 9.52. The predicted octanol–water partition coefficient (Wildman–Crippen LogP) is 16.2. The third-order valence-electron chi connectivity index (χ3n) is 15.7. The van der Waals surface area contributed by atoms with Gasteiger partial charge in [-0.05, 0) is 137 Å². The average molecular weight is 840 g/mol. The van der Waals surface area contributed by atoms with E-state index in [0.29, 0.717) is 0 Å². The zero-order valence-electron chi connectivity index (χ0n) is 37.0. The molecule has 1 heteroatoms.